The van der Waals surface area contributed by atoms with Crippen molar-refractivity contribution in [3.8, 4) is 0 Å². The van der Waals surface area contributed by atoms with E-state index >= 15 is 0 Å². The second-order valence-corrected chi connectivity index (χ2v) is 9.58. The highest BCUT2D eigenvalue weighted by molar-refractivity contribution is 5.91. The maximum Gasteiger partial charge on any atom is 0.302 e. The van der Waals surface area contributed by atoms with Crippen molar-refractivity contribution in [2.75, 3.05) is 0 Å². The summed E-state index contributed by atoms with van der Waals surface area (Å²) in [4.78, 5) is 23.8. The molecule has 4 nitrogen and oxygen atoms in total. The van der Waals surface area contributed by atoms with Crippen LogP contribution < -0.4 is 0 Å². The summed E-state index contributed by atoms with van der Waals surface area (Å²) in [5.74, 6) is 2.08. The predicted molar refractivity (Wildman–Crippen MR) is 87.2 cm³/mol. The van der Waals surface area contributed by atoms with E-state index in [2.05, 4.69) is 13.8 Å². The zero-order chi connectivity index (χ0) is 16.9. The summed E-state index contributed by atoms with van der Waals surface area (Å²) >= 11 is 0. The highest BCUT2D eigenvalue weighted by Crippen LogP contribution is 2.73. The Balaban J connectivity index is 1.46. The van der Waals surface area contributed by atoms with Gasteiger partial charge in [0.15, 0.2) is 5.78 Å². The quantitative estimate of drug-likeness (QED) is 0.546. The Morgan fingerprint density at radius 2 is 1.92 bits per heavy atom. The van der Waals surface area contributed by atoms with Gasteiger partial charge in [-0.2, -0.15) is 0 Å². The average molecular weight is 332 g/mol. The van der Waals surface area contributed by atoms with Crippen molar-refractivity contribution in [3.63, 3.8) is 0 Å². The first-order chi connectivity index (χ1) is 11.3. The number of carbonyl (C=O) groups excluding carboxylic acids is 2. The molecule has 24 heavy (non-hydrogen) atoms. The second kappa shape index (κ2) is 4.44. The molecule has 0 aromatic heterocycles. The summed E-state index contributed by atoms with van der Waals surface area (Å²) in [5, 5.41) is 0. The summed E-state index contributed by atoms with van der Waals surface area (Å²) in [6.45, 7) is 6.20. The number of hydrogen-bond donors (Lipinski definition) is 0. The minimum absolute atomic E-state index is 0.0402. The van der Waals surface area contributed by atoms with E-state index in [1.165, 1.54) is 13.3 Å². The third-order valence-corrected chi connectivity index (χ3v) is 8.82. The van der Waals surface area contributed by atoms with Crippen molar-refractivity contribution < 1.29 is 19.1 Å². The number of epoxide rings is 1. The van der Waals surface area contributed by atoms with Crippen LogP contribution >= 0.6 is 0 Å². The number of ether oxygens (including phenoxy) is 2. The van der Waals surface area contributed by atoms with E-state index in [0.717, 1.165) is 38.5 Å². The van der Waals surface area contributed by atoms with Crippen LogP contribution in [0.5, 0.6) is 0 Å². The fraction of sp³-hybridized carbons (Fsp3) is 0.900. The van der Waals surface area contributed by atoms with Gasteiger partial charge in [0.25, 0.3) is 0 Å². The number of fused-ring (bicyclic) bond motifs is 4. The largest absolute Gasteiger partial charge is 0.462 e. The molecule has 1 aliphatic heterocycles. The molecule has 132 valence electrons. The minimum atomic E-state index is -0.144. The zero-order valence-electron chi connectivity index (χ0n) is 15.0. The Hall–Kier alpha value is -0.900. The molecule has 1 heterocycles. The van der Waals surface area contributed by atoms with E-state index in [0.29, 0.717) is 23.5 Å². The summed E-state index contributed by atoms with van der Waals surface area (Å²) < 4.78 is 11.7. The van der Waals surface area contributed by atoms with Crippen LogP contribution in [0, 0.1) is 28.6 Å². The molecule has 1 saturated heterocycles. The summed E-state index contributed by atoms with van der Waals surface area (Å²) in [6.07, 6.45) is 7.37. The Bertz CT molecular complexity index is 629. The molecule has 4 saturated carbocycles. The third-order valence-electron chi connectivity index (χ3n) is 8.82. The molecular formula is C20H28O4. The maximum atomic E-state index is 12.3. The topological polar surface area (TPSA) is 55.9 Å². The van der Waals surface area contributed by atoms with Gasteiger partial charge in [0.1, 0.15) is 17.8 Å². The lowest BCUT2D eigenvalue weighted by Crippen LogP contribution is -2.55. The van der Waals surface area contributed by atoms with E-state index in [1.807, 2.05) is 0 Å². The van der Waals surface area contributed by atoms with E-state index < -0.39 is 0 Å². The Morgan fingerprint density at radius 3 is 2.62 bits per heavy atom. The molecule has 0 N–H and O–H groups in total. The fourth-order valence-electron chi connectivity index (χ4n) is 7.67. The van der Waals surface area contributed by atoms with Gasteiger partial charge in [-0.1, -0.05) is 13.8 Å². The first kappa shape index (κ1) is 15.4. The molecule has 0 aromatic carbocycles. The smallest absolute Gasteiger partial charge is 0.302 e. The van der Waals surface area contributed by atoms with Gasteiger partial charge in [-0.15, -0.1) is 0 Å². The third kappa shape index (κ3) is 1.60. The van der Waals surface area contributed by atoms with E-state index in [1.54, 1.807) is 0 Å². The molecule has 0 radical (unpaired) electrons. The average Bonchev–Trinajstić information content (AvgIpc) is 3.10. The van der Waals surface area contributed by atoms with Gasteiger partial charge in [0, 0.05) is 24.2 Å². The van der Waals surface area contributed by atoms with Crippen LogP contribution in [0.25, 0.3) is 0 Å². The van der Waals surface area contributed by atoms with Gasteiger partial charge in [-0.25, -0.2) is 0 Å². The maximum absolute atomic E-state index is 12.3. The standard InChI is InChI=1S/C20H28O4/c1-11(21)23-16-5-4-13-12-6-9-20-17(24-20)15(22)10-19(20,3)14(12)7-8-18(13,16)2/h12-14,16-17H,4-10H2,1-3H3/t12-,13-,14-,16-,17+,18-,19+,20+/m0/s1. The number of esters is 1. The molecule has 4 heteroatoms. The van der Waals surface area contributed by atoms with E-state index in [4.69, 9.17) is 9.47 Å². The van der Waals surface area contributed by atoms with E-state index in [9.17, 15) is 9.59 Å². The van der Waals surface area contributed by atoms with Crippen molar-refractivity contribution >= 4 is 11.8 Å². The van der Waals surface area contributed by atoms with Gasteiger partial charge < -0.3 is 9.47 Å². The number of hydrogen-bond acceptors (Lipinski definition) is 4. The molecule has 5 fully saturated rings. The normalized spacial score (nSPS) is 57.6. The van der Waals surface area contributed by atoms with Crippen LogP contribution in [0.2, 0.25) is 0 Å². The Kier molecular flexibility index (Phi) is 2.84. The lowest BCUT2D eigenvalue weighted by molar-refractivity contribution is -0.161. The molecular weight excluding hydrogens is 304 g/mol. The first-order valence-corrected chi connectivity index (χ1v) is 9.70. The molecule has 0 unspecified atom stereocenters. The van der Waals surface area contributed by atoms with Crippen LogP contribution in [0.1, 0.15) is 65.7 Å². The molecule has 5 aliphatic rings. The van der Waals surface area contributed by atoms with Crippen LogP contribution in [0.15, 0.2) is 0 Å². The van der Waals surface area contributed by atoms with Gasteiger partial charge in [-0.3, -0.25) is 9.59 Å². The van der Waals surface area contributed by atoms with Crippen molar-refractivity contribution in [1.29, 1.82) is 0 Å². The van der Waals surface area contributed by atoms with Gasteiger partial charge in [0.2, 0.25) is 0 Å². The van der Waals surface area contributed by atoms with Gasteiger partial charge in [0.05, 0.1) is 0 Å². The molecule has 4 aliphatic carbocycles. The lowest BCUT2D eigenvalue weighted by Gasteiger charge is -2.57. The van der Waals surface area contributed by atoms with Crippen LogP contribution in [-0.4, -0.2) is 29.6 Å². The number of carbonyl (C=O) groups is 2. The fourth-order valence-corrected chi connectivity index (χ4v) is 7.67. The number of rotatable bonds is 1. The molecule has 0 aromatic rings. The molecule has 5 rings (SSSR count). The Labute approximate surface area is 143 Å². The molecule has 0 bridgehead atoms. The lowest BCUT2D eigenvalue weighted by atomic mass is 9.48. The zero-order valence-corrected chi connectivity index (χ0v) is 15.0. The molecule has 0 amide bonds. The summed E-state index contributed by atoms with van der Waals surface area (Å²) in [6, 6.07) is 0. The Morgan fingerprint density at radius 1 is 1.12 bits per heavy atom. The van der Waals surface area contributed by atoms with Crippen molar-refractivity contribution in [3.05, 3.63) is 0 Å². The SMILES string of the molecule is CC(=O)O[C@H]1CC[C@H]2[C@@H]3CC[C@@]45O[C@@H]4C(=O)C[C@]5(C)[C@H]3CC[C@]12C. The number of Topliss-reactive ketones (excluding diaryl/α,β-unsaturated/α-hetero) is 1. The first-order valence-electron chi connectivity index (χ1n) is 9.70. The highest BCUT2D eigenvalue weighted by Gasteiger charge is 2.79. The van der Waals surface area contributed by atoms with Crippen molar-refractivity contribution in [2.24, 2.45) is 28.6 Å². The second-order valence-electron chi connectivity index (χ2n) is 9.58. The molecule has 1 spiro atoms. The molecule has 8 atom stereocenters. The van der Waals surface area contributed by atoms with Crippen molar-refractivity contribution in [2.45, 2.75) is 83.5 Å². The summed E-state index contributed by atoms with van der Waals surface area (Å²) in [5.41, 5.74) is 0.0471. The van der Waals surface area contributed by atoms with Crippen LogP contribution in [0.3, 0.4) is 0 Å². The van der Waals surface area contributed by atoms with Crippen molar-refractivity contribution in [1.82, 2.24) is 0 Å². The van der Waals surface area contributed by atoms with Gasteiger partial charge in [-0.05, 0) is 56.3 Å². The predicted octanol–water partition coefficient (Wildman–Crippen LogP) is 3.27. The highest BCUT2D eigenvalue weighted by atomic mass is 16.6. The van der Waals surface area contributed by atoms with Crippen LogP contribution in [-0.2, 0) is 19.1 Å². The van der Waals surface area contributed by atoms with Crippen LogP contribution in [0.4, 0.5) is 0 Å². The minimum Gasteiger partial charge on any atom is -0.462 e. The summed E-state index contributed by atoms with van der Waals surface area (Å²) in [7, 11) is 0. The monoisotopic (exact) mass is 332 g/mol. The number of ketones is 1. The van der Waals surface area contributed by atoms with Gasteiger partial charge >= 0.3 is 5.97 Å². The van der Waals surface area contributed by atoms with E-state index in [-0.39, 0.29) is 34.6 Å².